The van der Waals surface area contributed by atoms with Crippen LogP contribution in [-0.2, 0) is 6.54 Å². The monoisotopic (exact) mass is 286 g/mol. The molecule has 0 atom stereocenters. The van der Waals surface area contributed by atoms with Crippen molar-refractivity contribution < 1.29 is 0 Å². The van der Waals surface area contributed by atoms with Crippen molar-refractivity contribution in [1.82, 2.24) is 25.4 Å². The number of aromatic nitrogens is 3. The van der Waals surface area contributed by atoms with E-state index in [-0.39, 0.29) is 0 Å². The summed E-state index contributed by atoms with van der Waals surface area (Å²) >= 11 is 0. The minimum absolute atomic E-state index is 0.570. The predicted molar refractivity (Wildman–Crippen MR) is 84.5 cm³/mol. The number of benzene rings is 1. The molecule has 0 amide bonds. The summed E-state index contributed by atoms with van der Waals surface area (Å²) in [4.78, 5) is 4.20. The Bertz CT molecular complexity index is 561. The van der Waals surface area contributed by atoms with Crippen molar-refractivity contribution in [1.29, 1.82) is 0 Å². The number of aliphatic imine (C=N–C) groups is 1. The van der Waals surface area contributed by atoms with Crippen LogP contribution in [0.25, 0.3) is 5.69 Å². The van der Waals surface area contributed by atoms with E-state index in [1.54, 1.807) is 13.4 Å². The number of unbranched alkanes of at least 4 members (excludes halogenated alkanes) is 1. The Morgan fingerprint density at radius 1 is 1.24 bits per heavy atom. The molecule has 0 bridgehead atoms. The molecule has 0 aliphatic carbocycles. The number of hydrogen-bond donors (Lipinski definition) is 2. The van der Waals surface area contributed by atoms with Gasteiger partial charge in [0.2, 0.25) is 0 Å². The fourth-order valence-corrected chi connectivity index (χ4v) is 1.95. The zero-order valence-electron chi connectivity index (χ0n) is 12.6. The van der Waals surface area contributed by atoms with Crippen molar-refractivity contribution in [2.45, 2.75) is 26.3 Å². The zero-order valence-corrected chi connectivity index (χ0v) is 12.6. The van der Waals surface area contributed by atoms with Gasteiger partial charge in [-0.15, -0.1) is 10.2 Å². The maximum absolute atomic E-state index is 4.20. The molecule has 1 heterocycles. The van der Waals surface area contributed by atoms with Gasteiger partial charge in [-0.05, 0) is 18.6 Å². The molecule has 6 heteroatoms. The van der Waals surface area contributed by atoms with Gasteiger partial charge in [0.1, 0.15) is 6.33 Å². The second-order valence-electron chi connectivity index (χ2n) is 4.66. The van der Waals surface area contributed by atoms with Crippen molar-refractivity contribution in [2.75, 3.05) is 13.6 Å². The molecule has 2 rings (SSSR count). The average molecular weight is 286 g/mol. The van der Waals surface area contributed by atoms with Crippen LogP contribution in [0.1, 0.15) is 25.6 Å². The molecule has 0 aliphatic rings. The Hall–Kier alpha value is -2.37. The van der Waals surface area contributed by atoms with Crippen molar-refractivity contribution in [2.24, 2.45) is 4.99 Å². The summed E-state index contributed by atoms with van der Waals surface area (Å²) in [5.74, 6) is 1.63. The van der Waals surface area contributed by atoms with Gasteiger partial charge in [0.15, 0.2) is 11.8 Å². The SMILES string of the molecule is CCCCNC(=NC)NCc1nncn1-c1ccccc1. The van der Waals surface area contributed by atoms with Gasteiger partial charge in [-0.3, -0.25) is 9.56 Å². The second kappa shape index (κ2) is 8.04. The summed E-state index contributed by atoms with van der Waals surface area (Å²) in [6.45, 7) is 3.66. The van der Waals surface area contributed by atoms with E-state index in [9.17, 15) is 0 Å². The molecule has 21 heavy (non-hydrogen) atoms. The van der Waals surface area contributed by atoms with Gasteiger partial charge in [-0.2, -0.15) is 0 Å². The number of nitrogens with one attached hydrogen (secondary N) is 2. The molecular weight excluding hydrogens is 264 g/mol. The van der Waals surface area contributed by atoms with Gasteiger partial charge >= 0.3 is 0 Å². The highest BCUT2D eigenvalue weighted by atomic mass is 15.3. The Morgan fingerprint density at radius 3 is 2.76 bits per heavy atom. The van der Waals surface area contributed by atoms with E-state index in [1.807, 2.05) is 34.9 Å². The van der Waals surface area contributed by atoms with Gasteiger partial charge in [-0.25, -0.2) is 0 Å². The van der Waals surface area contributed by atoms with Gasteiger partial charge in [-0.1, -0.05) is 31.5 Å². The molecule has 1 aromatic heterocycles. The maximum Gasteiger partial charge on any atom is 0.191 e. The lowest BCUT2D eigenvalue weighted by Crippen LogP contribution is -2.37. The smallest absolute Gasteiger partial charge is 0.191 e. The Balaban J connectivity index is 1.96. The fourth-order valence-electron chi connectivity index (χ4n) is 1.95. The summed E-state index contributed by atoms with van der Waals surface area (Å²) in [5, 5.41) is 14.7. The largest absolute Gasteiger partial charge is 0.356 e. The third-order valence-corrected chi connectivity index (χ3v) is 3.11. The van der Waals surface area contributed by atoms with E-state index in [2.05, 4.69) is 32.7 Å². The molecule has 0 saturated heterocycles. The van der Waals surface area contributed by atoms with E-state index in [0.29, 0.717) is 6.54 Å². The molecule has 0 aliphatic heterocycles. The summed E-state index contributed by atoms with van der Waals surface area (Å²) in [6, 6.07) is 10.0. The molecular formula is C15H22N6. The topological polar surface area (TPSA) is 67.1 Å². The number of rotatable bonds is 6. The molecule has 0 radical (unpaired) electrons. The minimum Gasteiger partial charge on any atom is -0.356 e. The number of nitrogens with zero attached hydrogens (tertiary/aromatic N) is 4. The molecule has 2 N–H and O–H groups in total. The minimum atomic E-state index is 0.570. The Labute approximate surface area is 125 Å². The molecule has 1 aromatic carbocycles. The molecule has 0 saturated carbocycles. The maximum atomic E-state index is 4.20. The molecule has 2 aromatic rings. The van der Waals surface area contributed by atoms with Crippen LogP contribution in [0.5, 0.6) is 0 Å². The zero-order chi connectivity index (χ0) is 14.9. The van der Waals surface area contributed by atoms with Crippen LogP contribution >= 0.6 is 0 Å². The average Bonchev–Trinajstić information content (AvgIpc) is 3.00. The molecule has 0 fully saturated rings. The Morgan fingerprint density at radius 2 is 2.05 bits per heavy atom. The van der Waals surface area contributed by atoms with Gasteiger partial charge in [0.25, 0.3) is 0 Å². The number of para-hydroxylation sites is 1. The predicted octanol–water partition coefficient (Wildman–Crippen LogP) is 1.73. The summed E-state index contributed by atoms with van der Waals surface area (Å²) in [6.07, 6.45) is 4.01. The van der Waals surface area contributed by atoms with Gasteiger partial charge in [0.05, 0.1) is 6.54 Å². The van der Waals surface area contributed by atoms with E-state index in [0.717, 1.165) is 36.9 Å². The van der Waals surface area contributed by atoms with Crippen LogP contribution in [0.3, 0.4) is 0 Å². The highest BCUT2D eigenvalue weighted by Crippen LogP contribution is 2.08. The van der Waals surface area contributed by atoms with Crippen molar-refractivity contribution in [3.05, 3.63) is 42.5 Å². The van der Waals surface area contributed by atoms with Crippen molar-refractivity contribution >= 4 is 5.96 Å². The summed E-state index contributed by atoms with van der Waals surface area (Å²) in [7, 11) is 1.77. The van der Waals surface area contributed by atoms with Crippen LogP contribution in [-0.4, -0.2) is 34.3 Å². The molecule has 0 spiro atoms. The first-order valence-electron chi connectivity index (χ1n) is 7.24. The third kappa shape index (κ3) is 4.30. The lowest BCUT2D eigenvalue weighted by Gasteiger charge is -2.12. The van der Waals surface area contributed by atoms with E-state index in [1.165, 1.54) is 0 Å². The van der Waals surface area contributed by atoms with Gasteiger partial charge < -0.3 is 10.6 Å². The van der Waals surface area contributed by atoms with Crippen LogP contribution < -0.4 is 10.6 Å². The highest BCUT2D eigenvalue weighted by molar-refractivity contribution is 5.79. The quantitative estimate of drug-likeness (QED) is 0.482. The molecule has 0 unspecified atom stereocenters. The highest BCUT2D eigenvalue weighted by Gasteiger charge is 2.06. The first kappa shape index (κ1) is 15.0. The van der Waals surface area contributed by atoms with E-state index >= 15 is 0 Å². The lowest BCUT2D eigenvalue weighted by molar-refractivity contribution is 0.714. The lowest BCUT2D eigenvalue weighted by atomic mass is 10.3. The van der Waals surface area contributed by atoms with Crippen LogP contribution in [0.15, 0.2) is 41.7 Å². The normalized spacial score (nSPS) is 11.4. The second-order valence-corrected chi connectivity index (χ2v) is 4.66. The molecule has 112 valence electrons. The van der Waals surface area contributed by atoms with Crippen LogP contribution in [0.2, 0.25) is 0 Å². The van der Waals surface area contributed by atoms with E-state index < -0.39 is 0 Å². The fraction of sp³-hybridized carbons (Fsp3) is 0.400. The first-order valence-corrected chi connectivity index (χ1v) is 7.24. The summed E-state index contributed by atoms with van der Waals surface area (Å²) < 4.78 is 1.96. The van der Waals surface area contributed by atoms with Crippen LogP contribution in [0, 0.1) is 0 Å². The first-order chi connectivity index (χ1) is 10.3. The standard InChI is InChI=1S/C15H22N6/c1-3-4-10-17-15(16-2)18-11-14-20-19-12-21(14)13-8-6-5-7-9-13/h5-9,12H,3-4,10-11H2,1-2H3,(H2,16,17,18). The third-order valence-electron chi connectivity index (χ3n) is 3.11. The molecule has 6 nitrogen and oxygen atoms in total. The van der Waals surface area contributed by atoms with Crippen molar-refractivity contribution in [3.63, 3.8) is 0 Å². The Kier molecular flexibility index (Phi) is 5.75. The number of hydrogen-bond acceptors (Lipinski definition) is 3. The van der Waals surface area contributed by atoms with Gasteiger partial charge in [0, 0.05) is 19.3 Å². The van der Waals surface area contributed by atoms with Crippen LogP contribution in [0.4, 0.5) is 0 Å². The van der Waals surface area contributed by atoms with Crippen molar-refractivity contribution in [3.8, 4) is 5.69 Å². The summed E-state index contributed by atoms with van der Waals surface area (Å²) in [5.41, 5.74) is 1.05. The van der Waals surface area contributed by atoms with E-state index in [4.69, 9.17) is 0 Å². The number of guanidine groups is 1.